The van der Waals surface area contributed by atoms with E-state index in [9.17, 15) is 9.59 Å². The first kappa shape index (κ1) is 18.4. The number of anilines is 1. The predicted molar refractivity (Wildman–Crippen MR) is 108 cm³/mol. The Bertz CT molecular complexity index is 1200. The zero-order chi connectivity index (χ0) is 19.7. The van der Waals surface area contributed by atoms with Crippen molar-refractivity contribution in [3.8, 4) is 0 Å². The number of aromatic nitrogens is 4. The zero-order valence-electron chi connectivity index (χ0n) is 15.0. The maximum Gasteiger partial charge on any atom is 0.350 e. The van der Waals surface area contributed by atoms with Crippen molar-refractivity contribution >= 4 is 56.7 Å². The highest BCUT2D eigenvalue weighted by molar-refractivity contribution is 7.99. The number of nitrogens with zero attached hydrogens (tertiary/aromatic N) is 4. The van der Waals surface area contributed by atoms with Gasteiger partial charge < -0.3 is 10.1 Å². The fourth-order valence-corrected chi connectivity index (χ4v) is 4.38. The number of benzene rings is 1. The standard InChI is InChI=1S/C18H15N5O3S2/c1-10-15(16(25)26-2)28-17(19-10)20-14(24)9-27-18-22-21-13-8-7-11-5-3-4-6-12(11)23(13)18/h3-8H,9H2,1-2H3,(H,19,20,24). The number of aryl methyl sites for hydroxylation is 1. The van der Waals surface area contributed by atoms with Gasteiger partial charge in [0.2, 0.25) is 5.91 Å². The number of thiazole rings is 1. The smallest absolute Gasteiger partial charge is 0.350 e. The van der Waals surface area contributed by atoms with Crippen LogP contribution in [0.4, 0.5) is 5.13 Å². The van der Waals surface area contributed by atoms with Crippen molar-refractivity contribution in [3.05, 3.63) is 47.0 Å². The Morgan fingerprint density at radius 1 is 1.21 bits per heavy atom. The largest absolute Gasteiger partial charge is 0.465 e. The van der Waals surface area contributed by atoms with Crippen LogP contribution in [0.1, 0.15) is 15.4 Å². The Balaban J connectivity index is 1.50. The van der Waals surface area contributed by atoms with Gasteiger partial charge in [-0.05, 0) is 30.5 Å². The van der Waals surface area contributed by atoms with Gasteiger partial charge in [-0.3, -0.25) is 9.20 Å². The number of ether oxygens (including phenoxy) is 1. The van der Waals surface area contributed by atoms with Crippen molar-refractivity contribution in [2.45, 2.75) is 12.1 Å². The Morgan fingerprint density at radius 2 is 2.04 bits per heavy atom. The molecule has 0 radical (unpaired) electrons. The third-order valence-corrected chi connectivity index (χ3v) is 5.98. The summed E-state index contributed by atoms with van der Waals surface area (Å²) in [6.07, 6.45) is 0. The molecule has 4 aromatic rings. The van der Waals surface area contributed by atoms with E-state index in [1.54, 1.807) is 6.92 Å². The monoisotopic (exact) mass is 413 g/mol. The van der Waals surface area contributed by atoms with Gasteiger partial charge in [0.15, 0.2) is 15.9 Å². The number of methoxy groups -OCH3 is 1. The lowest BCUT2D eigenvalue weighted by atomic mass is 10.2. The predicted octanol–water partition coefficient (Wildman–Crippen LogP) is 3.16. The number of para-hydroxylation sites is 1. The van der Waals surface area contributed by atoms with Gasteiger partial charge in [-0.1, -0.05) is 41.3 Å². The summed E-state index contributed by atoms with van der Waals surface area (Å²) in [4.78, 5) is 28.6. The third kappa shape index (κ3) is 3.43. The van der Waals surface area contributed by atoms with E-state index in [2.05, 4.69) is 20.5 Å². The lowest BCUT2D eigenvalue weighted by Crippen LogP contribution is -2.14. The second-order valence-corrected chi connectivity index (χ2v) is 7.77. The molecule has 1 amide bonds. The molecule has 142 valence electrons. The quantitative estimate of drug-likeness (QED) is 0.396. The van der Waals surface area contributed by atoms with E-state index in [1.165, 1.54) is 18.9 Å². The molecule has 3 aromatic heterocycles. The van der Waals surface area contributed by atoms with Crippen molar-refractivity contribution in [1.82, 2.24) is 19.6 Å². The van der Waals surface area contributed by atoms with Gasteiger partial charge in [-0.15, -0.1) is 10.2 Å². The van der Waals surface area contributed by atoms with Crippen molar-refractivity contribution in [2.75, 3.05) is 18.2 Å². The van der Waals surface area contributed by atoms with Gasteiger partial charge in [0.25, 0.3) is 0 Å². The van der Waals surface area contributed by atoms with E-state index in [0.717, 1.165) is 27.9 Å². The van der Waals surface area contributed by atoms with E-state index in [1.807, 2.05) is 40.8 Å². The average Bonchev–Trinajstić information content (AvgIpc) is 3.29. The summed E-state index contributed by atoms with van der Waals surface area (Å²) in [5, 5.41) is 13.1. The summed E-state index contributed by atoms with van der Waals surface area (Å²) in [5.74, 6) is -0.574. The van der Waals surface area contributed by atoms with Crippen LogP contribution in [-0.4, -0.2) is 44.3 Å². The Kier molecular flexibility index (Phi) is 4.97. The topological polar surface area (TPSA) is 98.5 Å². The first-order valence-electron chi connectivity index (χ1n) is 8.28. The van der Waals surface area contributed by atoms with E-state index >= 15 is 0 Å². The molecule has 8 nitrogen and oxygen atoms in total. The molecule has 1 N–H and O–H groups in total. The van der Waals surface area contributed by atoms with Gasteiger partial charge >= 0.3 is 5.97 Å². The molecule has 0 bridgehead atoms. The molecule has 0 spiro atoms. The lowest BCUT2D eigenvalue weighted by Gasteiger charge is -2.04. The summed E-state index contributed by atoms with van der Waals surface area (Å²) < 4.78 is 6.63. The average molecular weight is 413 g/mol. The summed E-state index contributed by atoms with van der Waals surface area (Å²) in [6, 6.07) is 11.8. The third-order valence-electron chi connectivity index (χ3n) is 3.99. The van der Waals surface area contributed by atoms with Crippen molar-refractivity contribution in [2.24, 2.45) is 0 Å². The number of nitrogens with one attached hydrogen (secondary N) is 1. The Hall–Kier alpha value is -2.98. The zero-order valence-corrected chi connectivity index (χ0v) is 16.6. The number of esters is 1. The minimum atomic E-state index is -0.466. The van der Waals surface area contributed by atoms with Gasteiger partial charge in [0, 0.05) is 0 Å². The molecule has 1 aromatic carbocycles. The number of pyridine rings is 1. The molecular formula is C18H15N5O3S2. The molecule has 3 heterocycles. The lowest BCUT2D eigenvalue weighted by molar-refractivity contribution is -0.113. The van der Waals surface area contributed by atoms with Gasteiger partial charge in [-0.25, -0.2) is 9.78 Å². The molecule has 0 aliphatic carbocycles. The highest BCUT2D eigenvalue weighted by Gasteiger charge is 2.17. The van der Waals surface area contributed by atoms with Crippen LogP contribution in [-0.2, 0) is 9.53 Å². The van der Waals surface area contributed by atoms with E-state index in [0.29, 0.717) is 20.9 Å². The van der Waals surface area contributed by atoms with Crippen molar-refractivity contribution in [1.29, 1.82) is 0 Å². The summed E-state index contributed by atoms with van der Waals surface area (Å²) >= 11 is 2.37. The molecule has 0 unspecified atom stereocenters. The van der Waals surface area contributed by atoms with Crippen LogP contribution < -0.4 is 5.32 Å². The van der Waals surface area contributed by atoms with Crippen LogP contribution >= 0.6 is 23.1 Å². The minimum absolute atomic E-state index is 0.135. The normalized spacial score (nSPS) is 11.1. The first-order chi connectivity index (χ1) is 13.6. The number of thioether (sulfide) groups is 1. The van der Waals surface area contributed by atoms with Crippen LogP contribution in [0.2, 0.25) is 0 Å². The van der Waals surface area contributed by atoms with E-state index < -0.39 is 5.97 Å². The number of amides is 1. The minimum Gasteiger partial charge on any atom is -0.465 e. The first-order valence-corrected chi connectivity index (χ1v) is 10.1. The summed E-state index contributed by atoms with van der Waals surface area (Å²) in [6.45, 7) is 1.70. The fourth-order valence-electron chi connectivity index (χ4n) is 2.72. The number of rotatable bonds is 5. The maximum atomic E-state index is 12.3. The highest BCUT2D eigenvalue weighted by atomic mass is 32.2. The molecule has 0 atom stereocenters. The maximum absolute atomic E-state index is 12.3. The van der Waals surface area contributed by atoms with Crippen LogP contribution in [0.3, 0.4) is 0 Å². The number of carbonyl (C=O) groups excluding carboxylic acids is 2. The number of carbonyl (C=O) groups is 2. The van der Waals surface area contributed by atoms with Gasteiger partial charge in [-0.2, -0.15) is 0 Å². The molecular weight excluding hydrogens is 398 g/mol. The van der Waals surface area contributed by atoms with Crippen LogP contribution in [0.5, 0.6) is 0 Å². The molecule has 0 aliphatic heterocycles. The van der Waals surface area contributed by atoms with Crippen LogP contribution in [0.25, 0.3) is 16.6 Å². The van der Waals surface area contributed by atoms with E-state index in [-0.39, 0.29) is 11.7 Å². The fraction of sp³-hybridized carbons (Fsp3) is 0.167. The van der Waals surface area contributed by atoms with Crippen molar-refractivity contribution < 1.29 is 14.3 Å². The second kappa shape index (κ2) is 7.56. The van der Waals surface area contributed by atoms with Crippen molar-refractivity contribution in [3.63, 3.8) is 0 Å². The Morgan fingerprint density at radius 3 is 2.86 bits per heavy atom. The molecule has 28 heavy (non-hydrogen) atoms. The number of hydrogen-bond donors (Lipinski definition) is 1. The summed E-state index contributed by atoms with van der Waals surface area (Å²) in [7, 11) is 1.31. The molecule has 0 fully saturated rings. The molecule has 0 aliphatic rings. The van der Waals surface area contributed by atoms with Gasteiger partial charge in [0.1, 0.15) is 4.88 Å². The molecule has 0 saturated carbocycles. The van der Waals surface area contributed by atoms with Gasteiger partial charge in [0.05, 0.1) is 24.1 Å². The second-order valence-electron chi connectivity index (χ2n) is 5.83. The summed E-state index contributed by atoms with van der Waals surface area (Å²) in [5.41, 5.74) is 2.22. The molecule has 0 saturated heterocycles. The number of fused-ring (bicyclic) bond motifs is 3. The SMILES string of the molecule is COC(=O)c1sc(NC(=O)CSc2nnc3ccc4ccccc4n23)nc1C. The van der Waals surface area contributed by atoms with Crippen LogP contribution in [0, 0.1) is 6.92 Å². The van der Waals surface area contributed by atoms with E-state index in [4.69, 9.17) is 4.74 Å². The Labute approximate surface area is 167 Å². The molecule has 4 rings (SSSR count). The highest BCUT2D eigenvalue weighted by Crippen LogP contribution is 2.25. The van der Waals surface area contributed by atoms with Crippen LogP contribution in [0.15, 0.2) is 41.6 Å². The molecule has 10 heteroatoms. The number of hydrogen-bond acceptors (Lipinski definition) is 8.